The van der Waals surface area contributed by atoms with Crippen LogP contribution in [-0.2, 0) is 9.53 Å². The molecule has 25 heavy (non-hydrogen) atoms. The molecule has 130 valence electrons. The van der Waals surface area contributed by atoms with Gasteiger partial charge in [-0.1, -0.05) is 0 Å². The van der Waals surface area contributed by atoms with Crippen LogP contribution in [0.3, 0.4) is 0 Å². The maximum atomic E-state index is 12.5. The highest BCUT2D eigenvalue weighted by molar-refractivity contribution is 5.96. The van der Waals surface area contributed by atoms with E-state index < -0.39 is 0 Å². The van der Waals surface area contributed by atoms with E-state index in [0.717, 1.165) is 25.2 Å². The standard InChI is InChI=1S/C19H20N2O4/c1-23-12-6-8-13(9-7-12)25-19-15(5-2-10-20-19)21-18(22)16-14-4-3-11-24-17(14)16/h2,5-10,14,16-17H,3-4,11H2,1H3,(H,21,22)/t14-,16-,17-/m1/s1. The molecule has 1 saturated heterocycles. The number of nitrogens with one attached hydrogen (secondary N) is 1. The van der Waals surface area contributed by atoms with E-state index in [-0.39, 0.29) is 17.9 Å². The van der Waals surface area contributed by atoms with Crippen LogP contribution >= 0.6 is 0 Å². The zero-order valence-corrected chi connectivity index (χ0v) is 14.0. The number of pyridine rings is 1. The van der Waals surface area contributed by atoms with Gasteiger partial charge in [-0.05, 0) is 49.2 Å². The third-order valence-electron chi connectivity index (χ3n) is 4.69. The molecule has 1 saturated carbocycles. The zero-order valence-electron chi connectivity index (χ0n) is 14.0. The summed E-state index contributed by atoms with van der Waals surface area (Å²) in [6.45, 7) is 0.754. The van der Waals surface area contributed by atoms with Crippen LogP contribution in [0.25, 0.3) is 0 Å². The highest BCUT2D eigenvalue weighted by atomic mass is 16.5. The average molecular weight is 340 g/mol. The fraction of sp³-hybridized carbons (Fsp3) is 0.368. The smallest absolute Gasteiger partial charge is 0.243 e. The van der Waals surface area contributed by atoms with Crippen LogP contribution in [0, 0.1) is 11.8 Å². The largest absolute Gasteiger partial charge is 0.497 e. The topological polar surface area (TPSA) is 69.7 Å². The van der Waals surface area contributed by atoms with Crippen molar-refractivity contribution in [1.82, 2.24) is 4.98 Å². The molecule has 4 rings (SSSR count). The quantitative estimate of drug-likeness (QED) is 0.905. The number of hydrogen-bond donors (Lipinski definition) is 1. The van der Waals surface area contributed by atoms with Gasteiger partial charge >= 0.3 is 0 Å². The minimum atomic E-state index is -0.0588. The van der Waals surface area contributed by atoms with Crippen LogP contribution in [0.2, 0.25) is 0 Å². The van der Waals surface area contributed by atoms with Crippen molar-refractivity contribution in [1.29, 1.82) is 0 Å². The SMILES string of the molecule is COc1ccc(Oc2ncccc2NC(=O)[C@@H]2[C@H]3CCCO[C@H]32)cc1. The Balaban J connectivity index is 1.46. The highest BCUT2D eigenvalue weighted by Crippen LogP contribution is 2.48. The second-order valence-corrected chi connectivity index (χ2v) is 6.29. The molecule has 1 aromatic heterocycles. The Morgan fingerprint density at radius 3 is 2.76 bits per heavy atom. The van der Waals surface area contributed by atoms with Crippen LogP contribution in [0.5, 0.6) is 17.4 Å². The Hall–Kier alpha value is -2.60. The van der Waals surface area contributed by atoms with Crippen molar-refractivity contribution < 1.29 is 19.0 Å². The van der Waals surface area contributed by atoms with E-state index in [0.29, 0.717) is 23.2 Å². The molecule has 1 aromatic carbocycles. The minimum absolute atomic E-state index is 0.0236. The van der Waals surface area contributed by atoms with Crippen molar-refractivity contribution >= 4 is 11.6 Å². The molecule has 1 aliphatic heterocycles. The predicted octanol–water partition coefficient (Wildman–Crippen LogP) is 3.25. The van der Waals surface area contributed by atoms with Crippen molar-refractivity contribution in [3.8, 4) is 17.4 Å². The van der Waals surface area contributed by atoms with Gasteiger partial charge in [0.05, 0.1) is 19.1 Å². The number of methoxy groups -OCH3 is 1. The van der Waals surface area contributed by atoms with Gasteiger partial charge in [-0.2, -0.15) is 0 Å². The Morgan fingerprint density at radius 1 is 1.24 bits per heavy atom. The van der Waals surface area contributed by atoms with Crippen LogP contribution in [0.1, 0.15) is 12.8 Å². The highest BCUT2D eigenvalue weighted by Gasteiger charge is 2.56. The van der Waals surface area contributed by atoms with Gasteiger partial charge in [0.15, 0.2) is 0 Å². The van der Waals surface area contributed by atoms with E-state index in [1.807, 2.05) is 12.1 Å². The van der Waals surface area contributed by atoms with Crippen LogP contribution in [0.4, 0.5) is 5.69 Å². The molecule has 6 nitrogen and oxygen atoms in total. The third-order valence-corrected chi connectivity index (χ3v) is 4.69. The van der Waals surface area contributed by atoms with E-state index in [1.54, 1.807) is 37.6 Å². The number of amides is 1. The van der Waals surface area contributed by atoms with E-state index in [9.17, 15) is 4.79 Å². The summed E-state index contributed by atoms with van der Waals surface area (Å²) in [4.78, 5) is 16.8. The van der Waals surface area contributed by atoms with Gasteiger partial charge in [0.1, 0.15) is 17.2 Å². The molecule has 1 aliphatic carbocycles. The van der Waals surface area contributed by atoms with Gasteiger partial charge in [-0.25, -0.2) is 4.98 Å². The fourth-order valence-electron chi connectivity index (χ4n) is 3.33. The summed E-state index contributed by atoms with van der Waals surface area (Å²) in [6, 6.07) is 10.8. The maximum absolute atomic E-state index is 12.5. The monoisotopic (exact) mass is 340 g/mol. The molecule has 1 N–H and O–H groups in total. The van der Waals surface area contributed by atoms with Gasteiger partial charge in [0.25, 0.3) is 0 Å². The second kappa shape index (κ2) is 6.72. The number of benzene rings is 1. The van der Waals surface area contributed by atoms with Gasteiger partial charge < -0.3 is 19.5 Å². The summed E-state index contributed by atoms with van der Waals surface area (Å²) in [5.41, 5.74) is 0.562. The number of nitrogens with zero attached hydrogens (tertiary/aromatic N) is 1. The molecule has 0 radical (unpaired) electrons. The van der Waals surface area contributed by atoms with E-state index in [2.05, 4.69) is 10.3 Å². The Kier molecular flexibility index (Phi) is 4.28. The molecular formula is C19H20N2O4. The first kappa shape index (κ1) is 15.9. The molecule has 3 atom stereocenters. The van der Waals surface area contributed by atoms with Gasteiger partial charge in [-0.15, -0.1) is 0 Å². The summed E-state index contributed by atoms with van der Waals surface area (Å²) in [5, 5.41) is 2.94. The Morgan fingerprint density at radius 2 is 2.04 bits per heavy atom. The predicted molar refractivity (Wildman–Crippen MR) is 91.9 cm³/mol. The lowest BCUT2D eigenvalue weighted by Gasteiger charge is -2.11. The molecule has 0 spiro atoms. The van der Waals surface area contributed by atoms with Gasteiger partial charge in [0, 0.05) is 18.7 Å². The van der Waals surface area contributed by atoms with E-state index in [1.165, 1.54) is 0 Å². The first-order chi connectivity index (χ1) is 12.3. The van der Waals surface area contributed by atoms with Crippen LogP contribution in [0.15, 0.2) is 42.6 Å². The lowest BCUT2D eigenvalue weighted by Crippen LogP contribution is -2.17. The van der Waals surface area contributed by atoms with Gasteiger partial charge in [0.2, 0.25) is 11.8 Å². The molecule has 2 aliphatic rings. The first-order valence-electron chi connectivity index (χ1n) is 8.45. The number of aromatic nitrogens is 1. The molecule has 0 unspecified atom stereocenters. The molecule has 0 bridgehead atoms. The summed E-state index contributed by atoms with van der Waals surface area (Å²) in [6.07, 6.45) is 3.81. The summed E-state index contributed by atoms with van der Waals surface area (Å²) < 4.78 is 16.6. The molecular weight excluding hydrogens is 320 g/mol. The maximum Gasteiger partial charge on any atom is 0.243 e. The average Bonchev–Trinajstić information content (AvgIpc) is 3.38. The Labute approximate surface area is 146 Å². The van der Waals surface area contributed by atoms with Crippen molar-refractivity contribution in [2.24, 2.45) is 11.8 Å². The number of rotatable bonds is 5. The summed E-state index contributed by atoms with van der Waals surface area (Å²) >= 11 is 0. The van der Waals surface area contributed by atoms with Crippen molar-refractivity contribution in [2.45, 2.75) is 18.9 Å². The minimum Gasteiger partial charge on any atom is -0.497 e. The van der Waals surface area contributed by atoms with Crippen molar-refractivity contribution in [3.05, 3.63) is 42.6 Å². The number of fused-ring (bicyclic) bond motifs is 1. The van der Waals surface area contributed by atoms with E-state index in [4.69, 9.17) is 14.2 Å². The second-order valence-electron chi connectivity index (χ2n) is 6.29. The zero-order chi connectivity index (χ0) is 17.2. The fourth-order valence-corrected chi connectivity index (χ4v) is 3.33. The Bertz CT molecular complexity index is 750. The van der Waals surface area contributed by atoms with E-state index >= 15 is 0 Å². The number of ether oxygens (including phenoxy) is 3. The number of anilines is 1. The molecule has 2 heterocycles. The van der Waals surface area contributed by atoms with Crippen molar-refractivity contribution in [2.75, 3.05) is 19.0 Å². The van der Waals surface area contributed by atoms with Crippen LogP contribution < -0.4 is 14.8 Å². The van der Waals surface area contributed by atoms with Gasteiger partial charge in [-0.3, -0.25) is 4.79 Å². The first-order valence-corrected chi connectivity index (χ1v) is 8.45. The lowest BCUT2D eigenvalue weighted by atomic mass is 10.2. The third kappa shape index (κ3) is 3.30. The molecule has 2 aromatic rings. The normalized spacial score (nSPS) is 24.1. The number of hydrogen-bond acceptors (Lipinski definition) is 5. The number of carbonyl (C=O) groups is 1. The molecule has 6 heteroatoms. The lowest BCUT2D eigenvalue weighted by molar-refractivity contribution is -0.118. The molecule has 1 amide bonds. The molecule has 2 fully saturated rings. The summed E-state index contributed by atoms with van der Waals surface area (Å²) in [5.74, 6) is 2.01. The number of carbonyl (C=O) groups excluding carboxylic acids is 1. The summed E-state index contributed by atoms with van der Waals surface area (Å²) in [7, 11) is 1.61. The van der Waals surface area contributed by atoms with Crippen LogP contribution in [-0.4, -0.2) is 30.7 Å². The van der Waals surface area contributed by atoms with Crippen molar-refractivity contribution in [3.63, 3.8) is 0 Å².